The predicted octanol–water partition coefficient (Wildman–Crippen LogP) is 1.50. The van der Waals surface area contributed by atoms with Crippen LogP contribution in [-0.4, -0.2) is 37.4 Å². The summed E-state index contributed by atoms with van der Waals surface area (Å²) in [5.74, 6) is 5.66. The minimum atomic E-state index is -0.118. The molecule has 0 heterocycles. The summed E-state index contributed by atoms with van der Waals surface area (Å²) in [7, 11) is 0. The zero-order chi connectivity index (χ0) is 14.8. The van der Waals surface area contributed by atoms with Crippen molar-refractivity contribution in [3.05, 3.63) is 34.9 Å². The van der Waals surface area contributed by atoms with Crippen molar-refractivity contribution in [2.24, 2.45) is 0 Å². The van der Waals surface area contributed by atoms with Crippen molar-refractivity contribution in [3.8, 4) is 11.8 Å². The van der Waals surface area contributed by atoms with Crippen LogP contribution in [0.25, 0.3) is 0 Å². The molecule has 0 saturated carbocycles. The fraction of sp³-hybridized carbons (Fsp3) is 0.438. The Hall–Kier alpha value is -1.83. The molecule has 0 bridgehead atoms. The lowest BCUT2D eigenvalue weighted by molar-refractivity contribution is 0.0922. The molecule has 0 fully saturated rings. The maximum absolute atomic E-state index is 12.1. The number of hydrogen-bond donors (Lipinski definition) is 2. The van der Waals surface area contributed by atoms with Gasteiger partial charge in [0.15, 0.2) is 0 Å². The van der Waals surface area contributed by atoms with Crippen LogP contribution >= 0.6 is 0 Å². The van der Waals surface area contributed by atoms with Gasteiger partial charge in [-0.3, -0.25) is 4.79 Å². The van der Waals surface area contributed by atoms with Gasteiger partial charge in [-0.2, -0.15) is 0 Å². The Morgan fingerprint density at radius 3 is 2.95 bits per heavy atom. The molecule has 0 radical (unpaired) electrons. The number of ether oxygens (including phenoxy) is 1. The molecule has 1 aromatic rings. The van der Waals surface area contributed by atoms with Crippen molar-refractivity contribution >= 4 is 5.91 Å². The van der Waals surface area contributed by atoms with Crippen LogP contribution in [-0.2, 0) is 4.74 Å². The zero-order valence-electron chi connectivity index (χ0n) is 12.0. The molecule has 0 atom stereocenters. The quantitative estimate of drug-likeness (QED) is 0.611. The average molecular weight is 275 g/mol. The molecule has 1 aromatic carbocycles. The Kier molecular flexibility index (Phi) is 7.41. The van der Waals surface area contributed by atoms with Crippen LogP contribution in [0.1, 0.15) is 34.8 Å². The lowest BCUT2D eigenvalue weighted by Crippen LogP contribution is -2.27. The fourth-order valence-electron chi connectivity index (χ4n) is 1.64. The molecule has 1 rings (SSSR count). The number of rotatable bonds is 6. The second kappa shape index (κ2) is 9.13. The molecule has 0 aromatic heterocycles. The first-order valence-corrected chi connectivity index (χ1v) is 6.75. The van der Waals surface area contributed by atoms with Crippen LogP contribution < -0.4 is 5.32 Å². The van der Waals surface area contributed by atoms with Gasteiger partial charge in [-0.1, -0.05) is 17.9 Å². The van der Waals surface area contributed by atoms with Gasteiger partial charge in [0.25, 0.3) is 5.91 Å². The first-order valence-electron chi connectivity index (χ1n) is 6.75. The minimum absolute atomic E-state index is 0.0453. The van der Waals surface area contributed by atoms with E-state index in [1.165, 1.54) is 0 Å². The van der Waals surface area contributed by atoms with Gasteiger partial charge in [-0.05, 0) is 31.5 Å². The number of hydrogen-bond acceptors (Lipinski definition) is 3. The summed E-state index contributed by atoms with van der Waals surface area (Å²) in [6.45, 7) is 5.50. The summed E-state index contributed by atoms with van der Waals surface area (Å²) in [6, 6.07) is 5.52. The van der Waals surface area contributed by atoms with E-state index in [4.69, 9.17) is 9.84 Å². The number of aliphatic hydroxyl groups excluding tert-OH is 1. The van der Waals surface area contributed by atoms with Crippen molar-refractivity contribution in [3.63, 3.8) is 0 Å². The molecule has 2 N–H and O–H groups in total. The highest BCUT2D eigenvalue weighted by atomic mass is 16.5. The topological polar surface area (TPSA) is 58.6 Å². The third-order valence-corrected chi connectivity index (χ3v) is 2.69. The summed E-state index contributed by atoms with van der Waals surface area (Å²) in [5.41, 5.74) is 2.31. The number of benzene rings is 1. The van der Waals surface area contributed by atoms with E-state index in [9.17, 15) is 4.79 Å². The van der Waals surface area contributed by atoms with E-state index >= 15 is 0 Å². The molecule has 4 heteroatoms. The Bertz CT molecular complexity index is 500. The Labute approximate surface area is 120 Å². The largest absolute Gasteiger partial charge is 0.395 e. The maximum atomic E-state index is 12.1. The summed E-state index contributed by atoms with van der Waals surface area (Å²) >= 11 is 0. The zero-order valence-corrected chi connectivity index (χ0v) is 12.0. The van der Waals surface area contributed by atoms with E-state index in [1.807, 2.05) is 26.0 Å². The molecule has 20 heavy (non-hydrogen) atoms. The monoisotopic (exact) mass is 275 g/mol. The molecule has 0 saturated heterocycles. The van der Waals surface area contributed by atoms with E-state index in [-0.39, 0.29) is 12.5 Å². The average Bonchev–Trinajstić information content (AvgIpc) is 2.45. The van der Waals surface area contributed by atoms with Crippen molar-refractivity contribution in [2.45, 2.75) is 20.3 Å². The van der Waals surface area contributed by atoms with E-state index in [0.717, 1.165) is 11.1 Å². The number of carbonyl (C=O) groups excluding carboxylic acids is 1. The third kappa shape index (κ3) is 5.43. The molecule has 108 valence electrons. The molecule has 0 aliphatic rings. The molecular formula is C16H21NO3. The molecule has 0 aliphatic heterocycles. The highest BCUT2D eigenvalue weighted by Crippen LogP contribution is 2.10. The lowest BCUT2D eigenvalue weighted by Gasteiger charge is -2.08. The Balaban J connectivity index is 2.71. The first kappa shape index (κ1) is 16.2. The van der Waals surface area contributed by atoms with Crippen LogP contribution in [0.15, 0.2) is 18.2 Å². The summed E-state index contributed by atoms with van der Waals surface area (Å²) in [5, 5.41) is 11.5. The van der Waals surface area contributed by atoms with Gasteiger partial charge in [0, 0.05) is 30.7 Å². The number of amides is 1. The lowest BCUT2D eigenvalue weighted by atomic mass is 10.0. The highest BCUT2D eigenvalue weighted by Gasteiger charge is 2.08. The van der Waals surface area contributed by atoms with Crippen molar-refractivity contribution in [1.82, 2.24) is 5.32 Å². The minimum Gasteiger partial charge on any atom is -0.395 e. The highest BCUT2D eigenvalue weighted by molar-refractivity contribution is 5.96. The van der Waals surface area contributed by atoms with Crippen LogP contribution in [0.4, 0.5) is 0 Å². The van der Waals surface area contributed by atoms with Crippen molar-refractivity contribution in [2.75, 3.05) is 26.4 Å². The van der Waals surface area contributed by atoms with Crippen molar-refractivity contribution in [1.29, 1.82) is 0 Å². The smallest absolute Gasteiger partial charge is 0.251 e. The molecule has 0 spiro atoms. The van der Waals surface area contributed by atoms with Gasteiger partial charge in [0.05, 0.1) is 13.2 Å². The van der Waals surface area contributed by atoms with Gasteiger partial charge in [-0.15, -0.1) is 0 Å². The SMILES string of the molecule is CCOCCNC(=O)c1cc(C#CCCO)ccc1C. The molecular weight excluding hydrogens is 254 g/mol. The third-order valence-electron chi connectivity index (χ3n) is 2.69. The maximum Gasteiger partial charge on any atom is 0.251 e. The summed E-state index contributed by atoms with van der Waals surface area (Å²) < 4.78 is 5.18. The second-order valence-corrected chi connectivity index (χ2v) is 4.26. The van der Waals surface area contributed by atoms with Gasteiger partial charge in [0.2, 0.25) is 0 Å². The van der Waals surface area contributed by atoms with Crippen LogP contribution in [0.3, 0.4) is 0 Å². The van der Waals surface area contributed by atoms with E-state index in [0.29, 0.717) is 31.7 Å². The molecule has 0 unspecified atom stereocenters. The molecule has 1 amide bonds. The number of nitrogens with one attached hydrogen (secondary N) is 1. The molecule has 4 nitrogen and oxygen atoms in total. The van der Waals surface area contributed by atoms with Crippen LogP contribution in [0.2, 0.25) is 0 Å². The normalized spacial score (nSPS) is 9.75. The molecule has 0 aliphatic carbocycles. The fourth-order valence-corrected chi connectivity index (χ4v) is 1.64. The van der Waals surface area contributed by atoms with Gasteiger partial charge < -0.3 is 15.2 Å². The Morgan fingerprint density at radius 2 is 2.25 bits per heavy atom. The van der Waals surface area contributed by atoms with E-state index in [2.05, 4.69) is 17.2 Å². The van der Waals surface area contributed by atoms with Gasteiger partial charge in [-0.25, -0.2) is 0 Å². The Morgan fingerprint density at radius 1 is 1.45 bits per heavy atom. The van der Waals surface area contributed by atoms with E-state index in [1.54, 1.807) is 6.07 Å². The first-order chi connectivity index (χ1) is 9.69. The summed E-state index contributed by atoms with van der Waals surface area (Å²) in [4.78, 5) is 12.1. The predicted molar refractivity (Wildman–Crippen MR) is 78.6 cm³/mol. The van der Waals surface area contributed by atoms with Crippen molar-refractivity contribution < 1.29 is 14.6 Å². The van der Waals surface area contributed by atoms with Gasteiger partial charge >= 0.3 is 0 Å². The number of aryl methyl sites for hydroxylation is 1. The second-order valence-electron chi connectivity index (χ2n) is 4.26. The standard InChI is InChI=1S/C16H21NO3/c1-3-20-11-9-17-16(19)15-12-14(6-4-5-10-18)8-7-13(15)2/h7-8,12,18H,3,5,9-11H2,1-2H3,(H,17,19). The van der Waals surface area contributed by atoms with E-state index < -0.39 is 0 Å². The van der Waals surface area contributed by atoms with Crippen LogP contribution in [0, 0.1) is 18.8 Å². The number of aliphatic hydroxyl groups is 1. The van der Waals surface area contributed by atoms with Crippen LogP contribution in [0.5, 0.6) is 0 Å². The number of carbonyl (C=O) groups is 1. The van der Waals surface area contributed by atoms with Gasteiger partial charge in [0.1, 0.15) is 0 Å². The summed E-state index contributed by atoms with van der Waals surface area (Å²) in [6.07, 6.45) is 0.434.